The van der Waals surface area contributed by atoms with Crippen molar-refractivity contribution in [2.75, 3.05) is 13.6 Å². The zero-order valence-electron chi connectivity index (χ0n) is 12.0. The normalized spacial score (nSPS) is 14.9. The first-order chi connectivity index (χ1) is 9.69. The molecular formula is C16H22N2OS. The summed E-state index contributed by atoms with van der Waals surface area (Å²) in [4.78, 5) is 15.0. The van der Waals surface area contributed by atoms with Crippen LogP contribution in [0.2, 0.25) is 0 Å². The molecule has 2 rings (SSSR count). The van der Waals surface area contributed by atoms with E-state index in [2.05, 4.69) is 17.2 Å². The van der Waals surface area contributed by atoms with Crippen LogP contribution in [0.5, 0.6) is 0 Å². The molecule has 108 valence electrons. The van der Waals surface area contributed by atoms with Gasteiger partial charge < -0.3 is 10.6 Å². The molecule has 1 fully saturated rings. The van der Waals surface area contributed by atoms with Crippen molar-refractivity contribution >= 4 is 17.2 Å². The Hall–Kier alpha value is -1.31. The molecule has 20 heavy (non-hydrogen) atoms. The molecule has 1 heterocycles. The molecule has 0 aromatic carbocycles. The van der Waals surface area contributed by atoms with Gasteiger partial charge in [-0.05, 0) is 35.8 Å². The van der Waals surface area contributed by atoms with Gasteiger partial charge in [-0.3, -0.25) is 4.79 Å². The van der Waals surface area contributed by atoms with Gasteiger partial charge in [0.2, 0.25) is 5.91 Å². The molecule has 0 aliphatic heterocycles. The third kappa shape index (κ3) is 4.36. The van der Waals surface area contributed by atoms with Gasteiger partial charge >= 0.3 is 0 Å². The molecule has 0 unspecified atom stereocenters. The number of amides is 1. The molecule has 4 heteroatoms. The summed E-state index contributed by atoms with van der Waals surface area (Å²) in [5, 5.41) is 2.07. The number of hydrogen-bond acceptors (Lipinski definition) is 3. The highest BCUT2D eigenvalue weighted by Crippen LogP contribution is 2.28. The summed E-state index contributed by atoms with van der Waals surface area (Å²) in [7, 11) is 1.89. The summed E-state index contributed by atoms with van der Waals surface area (Å²) in [6, 6.07) is 2.05. The minimum Gasteiger partial charge on any atom is -0.341 e. The van der Waals surface area contributed by atoms with Gasteiger partial charge in [-0.1, -0.05) is 24.7 Å². The van der Waals surface area contributed by atoms with Crippen LogP contribution in [0.15, 0.2) is 11.4 Å². The lowest BCUT2D eigenvalue weighted by atomic mass is 10.0. The Bertz CT molecular complexity index is 506. The molecule has 2 N–H and O–H groups in total. The summed E-state index contributed by atoms with van der Waals surface area (Å²) in [5.74, 6) is 6.75. The number of thiophene rings is 1. The Kier molecular flexibility index (Phi) is 5.63. The molecule has 1 aromatic heterocycles. The fourth-order valence-electron chi connectivity index (χ4n) is 2.64. The molecule has 0 saturated heterocycles. The van der Waals surface area contributed by atoms with Crippen molar-refractivity contribution in [2.45, 2.75) is 38.6 Å². The molecule has 1 aliphatic carbocycles. The zero-order chi connectivity index (χ0) is 14.4. The van der Waals surface area contributed by atoms with E-state index in [1.54, 1.807) is 11.3 Å². The average molecular weight is 290 g/mol. The van der Waals surface area contributed by atoms with Crippen LogP contribution >= 0.6 is 11.3 Å². The highest BCUT2D eigenvalue weighted by molar-refractivity contribution is 7.10. The molecule has 3 nitrogen and oxygen atoms in total. The number of carbonyl (C=O) groups is 1. The molecule has 0 spiro atoms. The van der Waals surface area contributed by atoms with Gasteiger partial charge in [-0.25, -0.2) is 0 Å². The lowest BCUT2D eigenvalue weighted by Crippen LogP contribution is -2.27. The van der Waals surface area contributed by atoms with Crippen molar-refractivity contribution in [1.29, 1.82) is 0 Å². The van der Waals surface area contributed by atoms with Crippen molar-refractivity contribution in [1.82, 2.24) is 4.90 Å². The molecule has 1 amide bonds. The van der Waals surface area contributed by atoms with E-state index in [4.69, 9.17) is 5.73 Å². The third-order valence-electron chi connectivity index (χ3n) is 3.75. The van der Waals surface area contributed by atoms with Crippen molar-refractivity contribution in [3.63, 3.8) is 0 Å². The molecular weight excluding hydrogens is 268 g/mol. The van der Waals surface area contributed by atoms with Gasteiger partial charge in [0.05, 0.1) is 11.4 Å². The Morgan fingerprint density at radius 3 is 2.95 bits per heavy atom. The smallest absolute Gasteiger partial charge is 0.222 e. The van der Waals surface area contributed by atoms with Gasteiger partial charge in [-0.15, -0.1) is 11.3 Å². The second-order valence-electron chi connectivity index (χ2n) is 5.43. The van der Waals surface area contributed by atoms with Gasteiger partial charge in [-0.2, -0.15) is 0 Å². The molecule has 0 atom stereocenters. The highest BCUT2D eigenvalue weighted by atomic mass is 32.1. The van der Waals surface area contributed by atoms with E-state index in [0.29, 0.717) is 25.4 Å². The molecule has 0 bridgehead atoms. The number of hydrogen-bond donors (Lipinski definition) is 1. The summed E-state index contributed by atoms with van der Waals surface area (Å²) in [6.07, 6.45) is 5.72. The lowest BCUT2D eigenvalue weighted by Gasteiger charge is -2.18. The Labute approximate surface area is 125 Å². The Morgan fingerprint density at radius 1 is 1.50 bits per heavy atom. The summed E-state index contributed by atoms with van der Waals surface area (Å²) in [5.41, 5.74) is 6.51. The molecule has 1 aromatic rings. The zero-order valence-corrected chi connectivity index (χ0v) is 12.8. The number of nitrogens with zero attached hydrogens (tertiary/aromatic N) is 1. The first-order valence-electron chi connectivity index (χ1n) is 7.19. The van der Waals surface area contributed by atoms with Crippen LogP contribution in [0.4, 0.5) is 0 Å². The standard InChI is InChI=1S/C16H22N2OS/c1-18(16(19)10-13-5-2-3-6-13)11-14-9-15(20-12-14)7-4-8-17/h9,12-13H,2-3,5-6,8,10-11,17H2,1H3. The van der Waals surface area contributed by atoms with Crippen LogP contribution < -0.4 is 5.73 Å². The van der Waals surface area contributed by atoms with E-state index in [1.165, 1.54) is 25.7 Å². The monoisotopic (exact) mass is 290 g/mol. The average Bonchev–Trinajstić information content (AvgIpc) is 3.08. The maximum Gasteiger partial charge on any atom is 0.222 e. The first-order valence-corrected chi connectivity index (χ1v) is 8.07. The predicted molar refractivity (Wildman–Crippen MR) is 83.3 cm³/mol. The van der Waals surface area contributed by atoms with Crippen LogP contribution in [0, 0.1) is 17.8 Å². The fraction of sp³-hybridized carbons (Fsp3) is 0.562. The second-order valence-corrected chi connectivity index (χ2v) is 6.34. The van der Waals surface area contributed by atoms with Crippen LogP contribution in [0.1, 0.15) is 42.5 Å². The summed E-state index contributed by atoms with van der Waals surface area (Å²) >= 11 is 1.61. The minimum absolute atomic E-state index is 0.262. The van der Waals surface area contributed by atoms with Crippen LogP contribution in [0.25, 0.3) is 0 Å². The maximum atomic E-state index is 12.2. The van der Waals surface area contributed by atoms with Crippen LogP contribution in [-0.4, -0.2) is 24.4 Å². The van der Waals surface area contributed by atoms with E-state index >= 15 is 0 Å². The highest BCUT2D eigenvalue weighted by Gasteiger charge is 2.20. The van der Waals surface area contributed by atoms with E-state index in [0.717, 1.165) is 10.4 Å². The Balaban J connectivity index is 1.85. The largest absolute Gasteiger partial charge is 0.341 e. The first kappa shape index (κ1) is 15.1. The predicted octanol–water partition coefficient (Wildman–Crippen LogP) is 2.60. The minimum atomic E-state index is 0.262. The number of nitrogens with two attached hydrogens (primary N) is 1. The number of rotatable bonds is 4. The van der Waals surface area contributed by atoms with Crippen molar-refractivity contribution in [2.24, 2.45) is 11.7 Å². The van der Waals surface area contributed by atoms with Gasteiger partial charge in [0, 0.05) is 20.0 Å². The molecule has 1 saturated carbocycles. The third-order valence-corrected chi connectivity index (χ3v) is 4.65. The SMILES string of the molecule is CN(Cc1csc(C#CCN)c1)C(=O)CC1CCCC1. The van der Waals surface area contributed by atoms with Gasteiger partial charge in [0.25, 0.3) is 0 Å². The lowest BCUT2D eigenvalue weighted by molar-refractivity contribution is -0.131. The van der Waals surface area contributed by atoms with Crippen molar-refractivity contribution in [3.05, 3.63) is 21.9 Å². The van der Waals surface area contributed by atoms with E-state index in [-0.39, 0.29) is 5.91 Å². The fourth-order valence-corrected chi connectivity index (χ4v) is 3.41. The maximum absolute atomic E-state index is 12.2. The van der Waals surface area contributed by atoms with Crippen molar-refractivity contribution < 1.29 is 4.79 Å². The van der Waals surface area contributed by atoms with Crippen molar-refractivity contribution in [3.8, 4) is 11.8 Å². The van der Waals surface area contributed by atoms with Crippen LogP contribution in [0.3, 0.4) is 0 Å². The summed E-state index contributed by atoms with van der Waals surface area (Å²) in [6.45, 7) is 1.05. The molecule has 1 aliphatic rings. The number of carbonyl (C=O) groups excluding carboxylic acids is 1. The van der Waals surface area contributed by atoms with Gasteiger partial charge in [0.1, 0.15) is 0 Å². The quantitative estimate of drug-likeness (QED) is 0.866. The van der Waals surface area contributed by atoms with E-state index in [1.807, 2.05) is 18.0 Å². The molecule has 0 radical (unpaired) electrons. The van der Waals surface area contributed by atoms with E-state index < -0.39 is 0 Å². The second kappa shape index (κ2) is 7.47. The Morgan fingerprint density at radius 2 is 2.25 bits per heavy atom. The van der Waals surface area contributed by atoms with E-state index in [9.17, 15) is 4.79 Å². The van der Waals surface area contributed by atoms with Crippen LogP contribution in [-0.2, 0) is 11.3 Å². The topological polar surface area (TPSA) is 46.3 Å². The summed E-state index contributed by atoms with van der Waals surface area (Å²) < 4.78 is 0. The van der Waals surface area contributed by atoms with Gasteiger partial charge in [0.15, 0.2) is 0 Å².